The standard InChI is InChI=1S/C7H14N2O/c1-5(10)7-3-6(8)4-9(7)2/h6-7H,3-4,8H2,1-2H3/t6-,7+/m0/s1. The maximum absolute atomic E-state index is 10.9. The lowest BCUT2D eigenvalue weighted by Gasteiger charge is -2.14. The van der Waals surface area contributed by atoms with Crippen LogP contribution in [0.15, 0.2) is 0 Å². The highest BCUT2D eigenvalue weighted by Gasteiger charge is 2.29. The molecule has 1 heterocycles. The molecule has 3 heteroatoms. The highest BCUT2D eigenvalue weighted by molar-refractivity contribution is 5.81. The van der Waals surface area contributed by atoms with Crippen molar-refractivity contribution in [1.29, 1.82) is 0 Å². The molecule has 2 N–H and O–H groups in total. The average molecular weight is 142 g/mol. The second-order valence-corrected chi connectivity index (χ2v) is 3.06. The van der Waals surface area contributed by atoms with Crippen molar-refractivity contribution < 1.29 is 4.79 Å². The van der Waals surface area contributed by atoms with Gasteiger partial charge in [0.2, 0.25) is 0 Å². The number of rotatable bonds is 1. The Kier molecular flexibility index (Phi) is 2.06. The minimum atomic E-state index is 0.0787. The molecule has 0 spiro atoms. The van der Waals surface area contributed by atoms with Gasteiger partial charge >= 0.3 is 0 Å². The summed E-state index contributed by atoms with van der Waals surface area (Å²) in [5, 5.41) is 0. The molecular weight excluding hydrogens is 128 g/mol. The van der Waals surface area contributed by atoms with Crippen LogP contribution in [-0.4, -0.2) is 36.4 Å². The predicted molar refractivity (Wildman–Crippen MR) is 39.7 cm³/mol. The fourth-order valence-corrected chi connectivity index (χ4v) is 1.51. The molecule has 1 aliphatic rings. The van der Waals surface area contributed by atoms with Crippen LogP contribution in [0.25, 0.3) is 0 Å². The second kappa shape index (κ2) is 2.68. The van der Waals surface area contributed by atoms with Gasteiger partial charge in [-0.2, -0.15) is 0 Å². The molecule has 0 bridgehead atoms. The van der Waals surface area contributed by atoms with E-state index in [0.717, 1.165) is 13.0 Å². The van der Waals surface area contributed by atoms with E-state index in [1.807, 2.05) is 11.9 Å². The summed E-state index contributed by atoms with van der Waals surface area (Å²) in [6.45, 7) is 2.48. The fraction of sp³-hybridized carbons (Fsp3) is 0.857. The Morgan fingerprint density at radius 3 is 2.50 bits per heavy atom. The van der Waals surface area contributed by atoms with Crippen LogP contribution in [0, 0.1) is 0 Å². The molecule has 58 valence electrons. The number of nitrogens with zero attached hydrogens (tertiary/aromatic N) is 1. The zero-order valence-corrected chi connectivity index (χ0v) is 6.50. The molecule has 3 nitrogen and oxygen atoms in total. The molecule has 1 rings (SSSR count). The smallest absolute Gasteiger partial charge is 0.146 e. The van der Waals surface area contributed by atoms with Crippen molar-refractivity contribution in [3.8, 4) is 0 Å². The van der Waals surface area contributed by atoms with E-state index in [1.54, 1.807) is 6.92 Å². The van der Waals surface area contributed by atoms with E-state index >= 15 is 0 Å². The molecular formula is C7H14N2O. The third-order valence-electron chi connectivity index (χ3n) is 2.05. The topological polar surface area (TPSA) is 46.3 Å². The first kappa shape index (κ1) is 7.69. The van der Waals surface area contributed by atoms with Crippen molar-refractivity contribution in [3.05, 3.63) is 0 Å². The van der Waals surface area contributed by atoms with Gasteiger partial charge in [-0.1, -0.05) is 0 Å². The Bertz CT molecular complexity index is 147. The molecule has 0 aliphatic carbocycles. The van der Waals surface area contributed by atoms with Gasteiger partial charge in [-0.05, 0) is 20.4 Å². The van der Waals surface area contributed by atoms with Crippen molar-refractivity contribution in [2.75, 3.05) is 13.6 Å². The molecule has 0 unspecified atom stereocenters. The van der Waals surface area contributed by atoms with Gasteiger partial charge in [0, 0.05) is 12.6 Å². The average Bonchev–Trinajstić information content (AvgIpc) is 2.10. The summed E-state index contributed by atoms with van der Waals surface area (Å²) in [6.07, 6.45) is 0.825. The van der Waals surface area contributed by atoms with Crippen molar-refractivity contribution in [1.82, 2.24) is 4.90 Å². The van der Waals surface area contributed by atoms with E-state index in [0.29, 0.717) is 0 Å². The summed E-state index contributed by atoms with van der Waals surface area (Å²) in [5.74, 6) is 0.232. The van der Waals surface area contributed by atoms with Gasteiger partial charge in [-0.25, -0.2) is 0 Å². The van der Waals surface area contributed by atoms with Gasteiger partial charge < -0.3 is 5.73 Å². The maximum Gasteiger partial charge on any atom is 0.146 e. The number of likely N-dealkylation sites (tertiary alicyclic amines) is 1. The molecule has 0 radical (unpaired) electrons. The quantitative estimate of drug-likeness (QED) is 0.542. The summed E-state index contributed by atoms with van der Waals surface area (Å²) >= 11 is 0. The fourth-order valence-electron chi connectivity index (χ4n) is 1.51. The van der Waals surface area contributed by atoms with Crippen LogP contribution in [0.3, 0.4) is 0 Å². The first-order chi connectivity index (χ1) is 4.61. The van der Waals surface area contributed by atoms with Gasteiger partial charge in [0.25, 0.3) is 0 Å². The lowest BCUT2D eigenvalue weighted by Crippen LogP contribution is -2.31. The summed E-state index contributed by atoms with van der Waals surface area (Å²) in [7, 11) is 1.94. The van der Waals surface area contributed by atoms with Gasteiger partial charge in [-0.3, -0.25) is 9.69 Å². The number of hydrogen-bond acceptors (Lipinski definition) is 3. The predicted octanol–water partition coefficient (Wildman–Crippen LogP) is -0.393. The first-order valence-corrected chi connectivity index (χ1v) is 3.57. The largest absolute Gasteiger partial charge is 0.326 e. The Hall–Kier alpha value is -0.410. The van der Waals surface area contributed by atoms with Crippen LogP contribution in [0.5, 0.6) is 0 Å². The lowest BCUT2D eigenvalue weighted by molar-refractivity contribution is -0.120. The number of Topliss-reactive ketones (excluding diaryl/α,β-unsaturated/α-hetero) is 1. The van der Waals surface area contributed by atoms with E-state index in [4.69, 9.17) is 5.73 Å². The second-order valence-electron chi connectivity index (χ2n) is 3.06. The summed E-state index contributed by atoms with van der Waals surface area (Å²) in [5.41, 5.74) is 5.66. The molecule has 0 aromatic carbocycles. The molecule has 0 amide bonds. The SMILES string of the molecule is CC(=O)[C@H]1C[C@H](N)CN1C. The van der Waals surface area contributed by atoms with E-state index in [2.05, 4.69) is 0 Å². The van der Waals surface area contributed by atoms with E-state index in [1.165, 1.54) is 0 Å². The third-order valence-corrected chi connectivity index (χ3v) is 2.05. The van der Waals surface area contributed by atoms with Gasteiger partial charge in [-0.15, -0.1) is 0 Å². The summed E-state index contributed by atoms with van der Waals surface area (Å²) in [6, 6.07) is 0.272. The molecule has 0 aromatic heterocycles. The Balaban J connectivity index is 2.54. The zero-order valence-electron chi connectivity index (χ0n) is 6.50. The Labute approximate surface area is 61.2 Å². The number of carbonyl (C=O) groups is 1. The van der Waals surface area contributed by atoms with Crippen LogP contribution in [0.2, 0.25) is 0 Å². The van der Waals surface area contributed by atoms with E-state index in [-0.39, 0.29) is 17.9 Å². The first-order valence-electron chi connectivity index (χ1n) is 3.57. The van der Waals surface area contributed by atoms with Crippen LogP contribution < -0.4 is 5.73 Å². The van der Waals surface area contributed by atoms with E-state index in [9.17, 15) is 4.79 Å². The summed E-state index contributed by atoms with van der Waals surface area (Å²) in [4.78, 5) is 12.9. The molecule has 1 saturated heterocycles. The highest BCUT2D eigenvalue weighted by Crippen LogP contribution is 2.14. The third kappa shape index (κ3) is 1.36. The minimum absolute atomic E-state index is 0.0787. The number of hydrogen-bond donors (Lipinski definition) is 1. The Morgan fingerprint density at radius 1 is 1.70 bits per heavy atom. The van der Waals surface area contributed by atoms with Crippen LogP contribution in [0.4, 0.5) is 0 Å². The number of nitrogens with two attached hydrogens (primary N) is 1. The van der Waals surface area contributed by atoms with Gasteiger partial charge in [0.05, 0.1) is 6.04 Å². The molecule has 0 saturated carbocycles. The number of carbonyl (C=O) groups excluding carboxylic acids is 1. The van der Waals surface area contributed by atoms with Crippen molar-refractivity contribution in [3.63, 3.8) is 0 Å². The maximum atomic E-state index is 10.9. The molecule has 1 fully saturated rings. The molecule has 10 heavy (non-hydrogen) atoms. The van der Waals surface area contributed by atoms with Crippen molar-refractivity contribution in [2.45, 2.75) is 25.4 Å². The number of ketones is 1. The van der Waals surface area contributed by atoms with Crippen LogP contribution >= 0.6 is 0 Å². The van der Waals surface area contributed by atoms with Gasteiger partial charge in [0.1, 0.15) is 5.78 Å². The van der Waals surface area contributed by atoms with Crippen LogP contribution in [0.1, 0.15) is 13.3 Å². The Morgan fingerprint density at radius 2 is 2.30 bits per heavy atom. The van der Waals surface area contributed by atoms with Crippen molar-refractivity contribution in [2.24, 2.45) is 5.73 Å². The zero-order chi connectivity index (χ0) is 7.72. The normalized spacial score (nSPS) is 34.7. The molecule has 0 aromatic rings. The minimum Gasteiger partial charge on any atom is -0.326 e. The van der Waals surface area contributed by atoms with E-state index < -0.39 is 0 Å². The lowest BCUT2D eigenvalue weighted by atomic mass is 10.1. The van der Waals surface area contributed by atoms with Crippen LogP contribution in [-0.2, 0) is 4.79 Å². The summed E-state index contributed by atoms with van der Waals surface area (Å²) < 4.78 is 0. The number of likely N-dealkylation sites (N-methyl/N-ethyl adjacent to an activating group) is 1. The molecule has 1 aliphatic heterocycles. The van der Waals surface area contributed by atoms with Crippen molar-refractivity contribution >= 4 is 5.78 Å². The van der Waals surface area contributed by atoms with Gasteiger partial charge in [0.15, 0.2) is 0 Å². The molecule has 2 atom stereocenters. The highest BCUT2D eigenvalue weighted by atomic mass is 16.1. The monoisotopic (exact) mass is 142 g/mol.